The van der Waals surface area contributed by atoms with Crippen LogP contribution in [0.2, 0.25) is 0 Å². The van der Waals surface area contributed by atoms with E-state index in [0.29, 0.717) is 0 Å². The number of aliphatic hydroxyl groups excluding tert-OH is 1. The Labute approximate surface area is 85.8 Å². The second-order valence-corrected chi connectivity index (χ2v) is 4.47. The lowest BCUT2D eigenvalue weighted by molar-refractivity contribution is 0.272. The van der Waals surface area contributed by atoms with Crippen LogP contribution in [0, 0.1) is 6.92 Å². The van der Waals surface area contributed by atoms with Crippen LogP contribution >= 0.6 is 0 Å². The Kier molecular flexibility index (Phi) is 2.60. The van der Waals surface area contributed by atoms with Gasteiger partial charge in [0.2, 0.25) is 0 Å². The molecule has 0 aliphatic heterocycles. The number of hydrogen-bond donors (Lipinski definition) is 1. The third-order valence-electron chi connectivity index (χ3n) is 3.16. The molecule has 0 saturated heterocycles. The van der Waals surface area contributed by atoms with Crippen molar-refractivity contribution >= 4 is 0 Å². The molecule has 1 nitrogen and oxygen atoms in total. The second kappa shape index (κ2) is 3.74. The van der Waals surface area contributed by atoms with Gasteiger partial charge in [-0.25, -0.2) is 0 Å². The van der Waals surface area contributed by atoms with Crippen LogP contribution in [-0.4, -0.2) is 11.7 Å². The molecule has 1 atom stereocenters. The summed E-state index contributed by atoms with van der Waals surface area (Å²) < 4.78 is 0. The van der Waals surface area contributed by atoms with Crippen molar-refractivity contribution in [2.45, 2.75) is 38.5 Å². The van der Waals surface area contributed by atoms with Crippen LogP contribution in [0.5, 0.6) is 0 Å². The van der Waals surface area contributed by atoms with E-state index in [4.69, 9.17) is 5.11 Å². The van der Waals surface area contributed by atoms with Gasteiger partial charge in [0.05, 0.1) is 0 Å². The third-order valence-corrected chi connectivity index (χ3v) is 3.16. The van der Waals surface area contributed by atoms with Crippen molar-refractivity contribution in [2.75, 3.05) is 6.61 Å². The van der Waals surface area contributed by atoms with Crippen molar-refractivity contribution in [1.29, 1.82) is 0 Å². The summed E-state index contributed by atoms with van der Waals surface area (Å²) in [6.07, 6.45) is 2.69. The van der Waals surface area contributed by atoms with Gasteiger partial charge in [-0.05, 0) is 42.4 Å². The minimum Gasteiger partial charge on any atom is -0.396 e. The van der Waals surface area contributed by atoms with Crippen molar-refractivity contribution in [3.05, 3.63) is 34.9 Å². The first-order chi connectivity index (χ1) is 6.72. The number of benzene rings is 1. The Morgan fingerprint density at radius 3 is 2.71 bits per heavy atom. The van der Waals surface area contributed by atoms with Crippen molar-refractivity contribution in [1.82, 2.24) is 0 Å². The second-order valence-electron chi connectivity index (χ2n) is 4.47. The van der Waals surface area contributed by atoms with Crippen LogP contribution in [-0.2, 0) is 0 Å². The van der Waals surface area contributed by atoms with Gasteiger partial charge in [-0.1, -0.05) is 25.1 Å². The molecule has 1 aromatic carbocycles. The highest BCUT2D eigenvalue weighted by Gasteiger charge is 2.24. The molecule has 14 heavy (non-hydrogen) atoms. The number of aliphatic hydroxyl groups is 1. The number of rotatable bonds is 3. The molecule has 0 bridgehead atoms. The van der Waals surface area contributed by atoms with Crippen LogP contribution in [0.3, 0.4) is 0 Å². The molecule has 1 N–H and O–H groups in total. The molecule has 76 valence electrons. The van der Waals surface area contributed by atoms with Gasteiger partial charge in [0.25, 0.3) is 0 Å². The smallest absolute Gasteiger partial charge is 0.0497 e. The third kappa shape index (κ3) is 1.83. The maximum absolute atomic E-state index is 9.16. The van der Waals surface area contributed by atoms with Gasteiger partial charge < -0.3 is 5.11 Å². The predicted octanol–water partition coefficient (Wildman–Crippen LogP) is 2.97. The van der Waals surface area contributed by atoms with Gasteiger partial charge in [0, 0.05) is 12.5 Å². The Morgan fingerprint density at radius 2 is 2.14 bits per heavy atom. The first kappa shape index (κ1) is 9.72. The lowest BCUT2D eigenvalue weighted by atomic mass is 9.94. The van der Waals surface area contributed by atoms with Gasteiger partial charge in [-0.3, -0.25) is 0 Å². The average molecular weight is 190 g/mol. The Hall–Kier alpha value is -0.820. The van der Waals surface area contributed by atoms with E-state index < -0.39 is 0 Å². The standard InChI is InChI=1S/C13H18O/c1-9-3-4-12(11-5-6-11)7-13(9)10(2)8-14/h3-4,7,10-11,14H,5-6,8H2,1-2H3. The summed E-state index contributed by atoms with van der Waals surface area (Å²) in [6, 6.07) is 6.71. The van der Waals surface area contributed by atoms with E-state index in [9.17, 15) is 0 Å². The zero-order chi connectivity index (χ0) is 10.1. The molecule has 1 heteroatoms. The highest BCUT2D eigenvalue weighted by atomic mass is 16.3. The van der Waals surface area contributed by atoms with E-state index in [1.807, 2.05) is 0 Å². The molecule has 0 amide bonds. The van der Waals surface area contributed by atoms with Gasteiger partial charge in [0.1, 0.15) is 0 Å². The van der Waals surface area contributed by atoms with Crippen molar-refractivity contribution in [2.24, 2.45) is 0 Å². The van der Waals surface area contributed by atoms with Crippen LogP contribution in [0.4, 0.5) is 0 Å². The van der Waals surface area contributed by atoms with Crippen LogP contribution < -0.4 is 0 Å². The molecule has 0 heterocycles. The van der Waals surface area contributed by atoms with E-state index >= 15 is 0 Å². The van der Waals surface area contributed by atoms with Gasteiger partial charge in [-0.2, -0.15) is 0 Å². The highest BCUT2D eigenvalue weighted by molar-refractivity contribution is 5.36. The van der Waals surface area contributed by atoms with E-state index in [-0.39, 0.29) is 12.5 Å². The molecule has 1 fully saturated rings. The van der Waals surface area contributed by atoms with E-state index in [1.54, 1.807) is 0 Å². The van der Waals surface area contributed by atoms with Gasteiger partial charge in [-0.15, -0.1) is 0 Å². The molecule has 0 radical (unpaired) electrons. The van der Waals surface area contributed by atoms with E-state index in [1.165, 1.54) is 29.5 Å². The quantitative estimate of drug-likeness (QED) is 0.777. The molecule has 0 spiro atoms. The summed E-state index contributed by atoms with van der Waals surface area (Å²) in [6.45, 7) is 4.45. The average Bonchev–Trinajstić information content (AvgIpc) is 3.01. The molecule has 1 aliphatic rings. The van der Waals surface area contributed by atoms with Crippen LogP contribution in [0.15, 0.2) is 18.2 Å². The molecule has 1 unspecified atom stereocenters. The van der Waals surface area contributed by atoms with Gasteiger partial charge in [0.15, 0.2) is 0 Å². The summed E-state index contributed by atoms with van der Waals surface area (Å²) in [5.41, 5.74) is 4.08. The summed E-state index contributed by atoms with van der Waals surface area (Å²) in [4.78, 5) is 0. The lowest BCUT2D eigenvalue weighted by Gasteiger charge is -2.13. The minimum atomic E-state index is 0.245. The first-order valence-corrected chi connectivity index (χ1v) is 5.43. The largest absolute Gasteiger partial charge is 0.396 e. The number of aryl methyl sites for hydroxylation is 1. The molecular formula is C13H18O. The number of hydrogen-bond acceptors (Lipinski definition) is 1. The Balaban J connectivity index is 2.31. The molecular weight excluding hydrogens is 172 g/mol. The summed E-state index contributed by atoms with van der Waals surface area (Å²) in [5.74, 6) is 1.08. The fourth-order valence-corrected chi connectivity index (χ4v) is 1.96. The Morgan fingerprint density at radius 1 is 1.43 bits per heavy atom. The zero-order valence-electron chi connectivity index (χ0n) is 8.96. The highest BCUT2D eigenvalue weighted by Crippen LogP contribution is 2.41. The fraction of sp³-hybridized carbons (Fsp3) is 0.538. The fourth-order valence-electron chi connectivity index (χ4n) is 1.96. The first-order valence-electron chi connectivity index (χ1n) is 5.43. The van der Waals surface area contributed by atoms with Crippen LogP contribution in [0.1, 0.15) is 48.3 Å². The summed E-state index contributed by atoms with van der Waals surface area (Å²) in [5, 5.41) is 9.16. The maximum Gasteiger partial charge on any atom is 0.0497 e. The summed E-state index contributed by atoms with van der Waals surface area (Å²) in [7, 11) is 0. The topological polar surface area (TPSA) is 20.2 Å². The SMILES string of the molecule is Cc1ccc(C2CC2)cc1C(C)CO. The summed E-state index contributed by atoms with van der Waals surface area (Å²) >= 11 is 0. The normalized spacial score (nSPS) is 18.2. The van der Waals surface area contributed by atoms with Gasteiger partial charge >= 0.3 is 0 Å². The lowest BCUT2D eigenvalue weighted by Crippen LogP contribution is -2.02. The van der Waals surface area contributed by atoms with E-state index in [2.05, 4.69) is 32.0 Å². The van der Waals surface area contributed by atoms with Crippen molar-refractivity contribution in [3.8, 4) is 0 Å². The minimum absolute atomic E-state index is 0.245. The maximum atomic E-state index is 9.16. The molecule has 1 aliphatic carbocycles. The molecule has 2 rings (SSSR count). The van der Waals surface area contributed by atoms with Crippen LogP contribution in [0.25, 0.3) is 0 Å². The predicted molar refractivity (Wildman–Crippen MR) is 58.7 cm³/mol. The van der Waals surface area contributed by atoms with E-state index in [0.717, 1.165) is 5.92 Å². The molecule has 0 aromatic heterocycles. The zero-order valence-corrected chi connectivity index (χ0v) is 8.96. The van der Waals surface area contributed by atoms with Crippen molar-refractivity contribution in [3.63, 3.8) is 0 Å². The molecule has 1 aromatic rings. The Bertz CT molecular complexity index is 326. The monoisotopic (exact) mass is 190 g/mol. The van der Waals surface area contributed by atoms with Crippen molar-refractivity contribution < 1.29 is 5.11 Å². The molecule has 1 saturated carbocycles.